The summed E-state index contributed by atoms with van der Waals surface area (Å²) in [6.45, 7) is 2.53. The number of thioether (sulfide) groups is 1. The van der Waals surface area contributed by atoms with E-state index in [4.69, 9.17) is 0 Å². The average Bonchev–Trinajstić information content (AvgIpc) is 2.36. The van der Waals surface area contributed by atoms with Crippen LogP contribution >= 0.6 is 11.8 Å². The van der Waals surface area contributed by atoms with Crippen molar-refractivity contribution in [2.45, 2.75) is 56.6 Å². The van der Waals surface area contributed by atoms with E-state index < -0.39 is 0 Å². The molecule has 4 bridgehead atoms. The minimum atomic E-state index is 0.789. The summed E-state index contributed by atoms with van der Waals surface area (Å²) in [4.78, 5) is 0. The Morgan fingerprint density at radius 3 is 2.22 bits per heavy atom. The molecule has 4 saturated carbocycles. The number of hydrogen-bond acceptors (Lipinski definition) is 2. The van der Waals surface area contributed by atoms with Gasteiger partial charge in [0.05, 0.1) is 0 Å². The van der Waals surface area contributed by atoms with E-state index in [1.807, 2.05) is 0 Å². The molecule has 102 valence electrons. The van der Waals surface area contributed by atoms with Gasteiger partial charge in [0.1, 0.15) is 0 Å². The molecule has 1 saturated heterocycles. The third-order valence-corrected chi connectivity index (χ3v) is 7.69. The molecule has 0 spiro atoms. The molecule has 5 fully saturated rings. The zero-order valence-corrected chi connectivity index (χ0v) is 12.3. The Balaban J connectivity index is 1.38. The van der Waals surface area contributed by atoms with Crippen LogP contribution in [0.4, 0.5) is 0 Å². The fourth-order valence-corrected chi connectivity index (χ4v) is 7.24. The van der Waals surface area contributed by atoms with Crippen LogP contribution in [0.3, 0.4) is 0 Å². The summed E-state index contributed by atoms with van der Waals surface area (Å²) in [5.41, 5.74) is 0.789. The second-order valence-corrected chi connectivity index (χ2v) is 8.99. The van der Waals surface area contributed by atoms with Gasteiger partial charge < -0.3 is 5.32 Å². The Hall–Kier alpha value is 0.310. The minimum absolute atomic E-state index is 0.789. The first-order valence-electron chi connectivity index (χ1n) is 8.14. The number of rotatable bonds is 3. The first-order chi connectivity index (χ1) is 8.81. The van der Waals surface area contributed by atoms with Crippen molar-refractivity contribution >= 4 is 11.8 Å². The van der Waals surface area contributed by atoms with Crippen LogP contribution in [-0.2, 0) is 0 Å². The Labute approximate surface area is 116 Å². The largest absolute Gasteiger partial charge is 0.316 e. The number of nitrogens with one attached hydrogen (secondary N) is 1. The second-order valence-electron chi connectivity index (χ2n) is 7.70. The fraction of sp³-hybridized carbons (Fsp3) is 1.00. The third-order valence-electron chi connectivity index (χ3n) is 6.04. The summed E-state index contributed by atoms with van der Waals surface area (Å²) < 4.78 is 0. The van der Waals surface area contributed by atoms with Crippen molar-refractivity contribution in [2.24, 2.45) is 23.2 Å². The van der Waals surface area contributed by atoms with Gasteiger partial charge in [0.25, 0.3) is 0 Å². The normalized spacial score (nSPS) is 50.7. The highest BCUT2D eigenvalue weighted by Gasteiger charge is 2.50. The highest BCUT2D eigenvalue weighted by Crippen LogP contribution is 2.61. The van der Waals surface area contributed by atoms with Crippen LogP contribution in [0.5, 0.6) is 0 Å². The first-order valence-corrected chi connectivity index (χ1v) is 9.19. The second kappa shape index (κ2) is 4.70. The molecule has 2 heteroatoms. The van der Waals surface area contributed by atoms with Crippen molar-refractivity contribution in [2.75, 3.05) is 18.8 Å². The zero-order valence-electron chi connectivity index (χ0n) is 11.5. The molecule has 1 aliphatic heterocycles. The smallest absolute Gasteiger partial charge is 0.0173 e. The van der Waals surface area contributed by atoms with Crippen molar-refractivity contribution < 1.29 is 0 Å². The van der Waals surface area contributed by atoms with Gasteiger partial charge in [-0.1, -0.05) is 0 Å². The van der Waals surface area contributed by atoms with Gasteiger partial charge in [0.2, 0.25) is 0 Å². The summed E-state index contributed by atoms with van der Waals surface area (Å²) >= 11 is 2.32. The molecular weight excluding hydrogens is 238 g/mol. The van der Waals surface area contributed by atoms with E-state index in [0.717, 1.165) is 28.4 Å². The molecule has 18 heavy (non-hydrogen) atoms. The summed E-state index contributed by atoms with van der Waals surface area (Å²) in [5, 5.41) is 4.50. The number of hydrogen-bond donors (Lipinski definition) is 1. The van der Waals surface area contributed by atoms with Gasteiger partial charge in [-0.05, 0) is 86.8 Å². The van der Waals surface area contributed by atoms with E-state index in [-0.39, 0.29) is 0 Å². The first kappa shape index (κ1) is 12.1. The molecule has 0 aromatic heterocycles. The summed E-state index contributed by atoms with van der Waals surface area (Å²) in [6, 6.07) is 0. The maximum Gasteiger partial charge on any atom is 0.0173 e. The standard InChI is InChI=1S/C16H27NS/c1-2-15(10-17-3-1)18-11-16-7-12-4-13(8-16)6-14(5-12)9-16/h12-15,17H,1-11H2. The van der Waals surface area contributed by atoms with Crippen LogP contribution in [0.25, 0.3) is 0 Å². The van der Waals surface area contributed by atoms with Crippen molar-refractivity contribution in [1.82, 2.24) is 5.32 Å². The molecule has 1 unspecified atom stereocenters. The minimum Gasteiger partial charge on any atom is -0.316 e. The molecular formula is C16H27NS. The highest BCUT2D eigenvalue weighted by atomic mass is 32.2. The Morgan fingerprint density at radius 2 is 1.67 bits per heavy atom. The van der Waals surface area contributed by atoms with Crippen molar-refractivity contribution in [3.05, 3.63) is 0 Å². The summed E-state index contributed by atoms with van der Waals surface area (Å²) in [6.07, 6.45) is 12.4. The molecule has 5 rings (SSSR count). The third kappa shape index (κ3) is 2.24. The van der Waals surface area contributed by atoms with Crippen LogP contribution < -0.4 is 5.32 Å². The lowest BCUT2D eigenvalue weighted by atomic mass is 9.50. The van der Waals surface area contributed by atoms with E-state index in [0.29, 0.717) is 0 Å². The van der Waals surface area contributed by atoms with Crippen LogP contribution in [0.1, 0.15) is 51.4 Å². The van der Waals surface area contributed by atoms with Crippen LogP contribution in [-0.4, -0.2) is 24.1 Å². The van der Waals surface area contributed by atoms with E-state index in [9.17, 15) is 0 Å². The maximum absolute atomic E-state index is 3.57. The molecule has 0 amide bonds. The molecule has 0 aromatic carbocycles. The monoisotopic (exact) mass is 265 g/mol. The van der Waals surface area contributed by atoms with Gasteiger partial charge in [0, 0.05) is 11.8 Å². The lowest BCUT2D eigenvalue weighted by Gasteiger charge is -2.57. The Morgan fingerprint density at radius 1 is 1.00 bits per heavy atom. The quantitative estimate of drug-likeness (QED) is 0.835. The molecule has 1 N–H and O–H groups in total. The lowest BCUT2D eigenvalue weighted by molar-refractivity contribution is -0.0382. The van der Waals surface area contributed by atoms with Gasteiger partial charge in [-0.3, -0.25) is 0 Å². The summed E-state index contributed by atoms with van der Waals surface area (Å²) in [5.74, 6) is 4.87. The lowest BCUT2D eigenvalue weighted by Crippen LogP contribution is -2.47. The maximum atomic E-state index is 3.57. The van der Waals surface area contributed by atoms with Crippen molar-refractivity contribution in [3.8, 4) is 0 Å². The van der Waals surface area contributed by atoms with Crippen molar-refractivity contribution in [1.29, 1.82) is 0 Å². The molecule has 1 heterocycles. The number of piperidine rings is 1. The van der Waals surface area contributed by atoms with E-state index in [1.165, 1.54) is 31.7 Å². The van der Waals surface area contributed by atoms with Crippen molar-refractivity contribution in [3.63, 3.8) is 0 Å². The van der Waals surface area contributed by atoms with E-state index in [1.54, 1.807) is 38.5 Å². The molecule has 1 nitrogen and oxygen atoms in total. The van der Waals surface area contributed by atoms with Gasteiger partial charge in [0.15, 0.2) is 0 Å². The molecule has 0 radical (unpaired) electrons. The predicted molar refractivity (Wildman–Crippen MR) is 79.0 cm³/mol. The fourth-order valence-electron chi connectivity index (χ4n) is 5.72. The Kier molecular flexibility index (Phi) is 3.15. The average molecular weight is 265 g/mol. The molecule has 0 aromatic rings. The van der Waals surface area contributed by atoms with Crippen LogP contribution in [0, 0.1) is 23.2 Å². The van der Waals surface area contributed by atoms with Gasteiger partial charge in [-0.2, -0.15) is 11.8 Å². The zero-order chi connectivity index (χ0) is 12.0. The highest BCUT2D eigenvalue weighted by molar-refractivity contribution is 7.99. The van der Waals surface area contributed by atoms with Gasteiger partial charge in [-0.25, -0.2) is 0 Å². The van der Waals surface area contributed by atoms with Crippen LogP contribution in [0.2, 0.25) is 0 Å². The molecule has 1 atom stereocenters. The summed E-state index contributed by atoms with van der Waals surface area (Å²) in [7, 11) is 0. The van der Waals surface area contributed by atoms with Gasteiger partial charge >= 0.3 is 0 Å². The van der Waals surface area contributed by atoms with Crippen LogP contribution in [0.15, 0.2) is 0 Å². The molecule has 4 aliphatic carbocycles. The van der Waals surface area contributed by atoms with Gasteiger partial charge in [-0.15, -0.1) is 0 Å². The molecule has 5 aliphatic rings. The van der Waals surface area contributed by atoms with E-state index >= 15 is 0 Å². The Bertz CT molecular complexity index is 273. The predicted octanol–water partition coefficient (Wildman–Crippen LogP) is 3.69. The van der Waals surface area contributed by atoms with E-state index in [2.05, 4.69) is 17.1 Å². The SMILES string of the molecule is C1CNCC(SCC23CC4CC(CC(C4)C2)C3)C1. The topological polar surface area (TPSA) is 12.0 Å².